The van der Waals surface area contributed by atoms with Gasteiger partial charge in [0.1, 0.15) is 25.0 Å². The van der Waals surface area contributed by atoms with Gasteiger partial charge in [-0.1, -0.05) is 26.0 Å². The molecule has 63 heavy (non-hydrogen) atoms. The minimum Gasteiger partial charge on any atom is -0.445 e. The van der Waals surface area contributed by atoms with Crippen LogP contribution in [0.1, 0.15) is 38.7 Å². The lowest BCUT2D eigenvalue weighted by Crippen LogP contribution is -2.54. The molecular weight excluding hydrogens is 823 g/mol. The van der Waals surface area contributed by atoms with Gasteiger partial charge >= 0.3 is 6.09 Å². The molecule has 2 rings (SSSR count). The number of hydrogen-bond donors (Lipinski definition) is 4. The molecule has 0 aromatic heterocycles. The van der Waals surface area contributed by atoms with Gasteiger partial charge in [-0.3, -0.25) is 24.0 Å². The Kier molecular flexibility index (Phi) is 29.4. The van der Waals surface area contributed by atoms with Crippen LogP contribution in [0.15, 0.2) is 36.4 Å². The molecule has 0 radical (unpaired) electrons. The number of piperazine rings is 1. The molecule has 0 spiro atoms. The van der Waals surface area contributed by atoms with E-state index in [2.05, 4.69) is 20.9 Å². The third kappa shape index (κ3) is 25.4. The number of allylic oxidation sites excluding steroid dienone is 1. The number of amides is 5. The summed E-state index contributed by atoms with van der Waals surface area (Å²) in [6, 6.07) is 5.15. The summed E-state index contributed by atoms with van der Waals surface area (Å²) < 4.78 is 38.3. The number of rotatable bonds is 34. The Morgan fingerprint density at radius 2 is 1.30 bits per heavy atom. The molecule has 1 aliphatic rings. The predicted molar refractivity (Wildman–Crippen MR) is 234 cm³/mol. The summed E-state index contributed by atoms with van der Waals surface area (Å²) in [5, 5.41) is 8.40. The van der Waals surface area contributed by atoms with Gasteiger partial charge in [-0.2, -0.15) is 0 Å². The normalized spacial score (nSPS) is 14.0. The van der Waals surface area contributed by atoms with Crippen molar-refractivity contribution in [3.63, 3.8) is 0 Å². The van der Waals surface area contributed by atoms with Crippen molar-refractivity contribution in [1.82, 2.24) is 25.3 Å². The first-order valence-electron chi connectivity index (χ1n) is 21.6. The van der Waals surface area contributed by atoms with Crippen LogP contribution < -0.4 is 21.7 Å². The van der Waals surface area contributed by atoms with Crippen LogP contribution in [0, 0.1) is 5.92 Å². The van der Waals surface area contributed by atoms with Crippen molar-refractivity contribution in [3.05, 3.63) is 42.0 Å². The van der Waals surface area contributed by atoms with Gasteiger partial charge in [0, 0.05) is 58.0 Å². The quantitative estimate of drug-likeness (QED) is 0.0421. The summed E-state index contributed by atoms with van der Waals surface area (Å²) in [5.41, 5.74) is 6.99. The van der Waals surface area contributed by atoms with Gasteiger partial charge < -0.3 is 69.5 Å². The first-order chi connectivity index (χ1) is 30.4. The first kappa shape index (κ1) is 54.6. The molecule has 1 aliphatic heterocycles. The number of likely N-dealkylation sites (N-methyl/N-ethyl adjacent to an activating group) is 2. The molecule has 0 bridgehead atoms. The zero-order valence-corrected chi connectivity index (χ0v) is 37.6. The van der Waals surface area contributed by atoms with Crippen LogP contribution in [-0.2, 0) is 63.7 Å². The van der Waals surface area contributed by atoms with E-state index < -0.39 is 23.9 Å². The lowest BCUT2D eigenvalue weighted by Gasteiger charge is -2.31. The molecule has 356 valence electrons. The second-order valence-electron chi connectivity index (χ2n) is 15.0. The lowest BCUT2D eigenvalue weighted by molar-refractivity contribution is -0.132. The highest BCUT2D eigenvalue weighted by Gasteiger charge is 2.29. The predicted octanol–water partition coefficient (Wildman–Crippen LogP) is 0.577. The van der Waals surface area contributed by atoms with E-state index in [9.17, 15) is 28.8 Å². The van der Waals surface area contributed by atoms with Gasteiger partial charge in [-0.15, -0.1) is 0 Å². The Hall–Kier alpha value is -4.54. The molecule has 1 fully saturated rings. The molecule has 20 heteroatoms. The SMILES string of the molecule is CC(C)C(NC(=O)CCOCCOCCOCCOCCOCCOCCN(C)C(=O)/C=C\C=O)C(=O)NC(CCCN)C(=O)Nc1ccc(COC(=O)N2CCN(C)CC2)cc1. The largest absolute Gasteiger partial charge is 0.445 e. The van der Waals surface area contributed by atoms with E-state index in [1.54, 1.807) is 50.1 Å². The average Bonchev–Trinajstić information content (AvgIpc) is 3.27. The summed E-state index contributed by atoms with van der Waals surface area (Å²) in [5.74, 6) is -1.80. The second kappa shape index (κ2) is 33.9. The number of hydrogen-bond acceptors (Lipinski definition) is 15. The Morgan fingerprint density at radius 1 is 0.762 bits per heavy atom. The topological polar surface area (TPSA) is 239 Å². The molecular formula is C43H71N7O13. The fourth-order valence-corrected chi connectivity index (χ4v) is 5.70. The van der Waals surface area contributed by atoms with E-state index in [0.29, 0.717) is 117 Å². The maximum Gasteiger partial charge on any atom is 0.410 e. The van der Waals surface area contributed by atoms with Crippen molar-refractivity contribution in [2.75, 3.05) is 138 Å². The van der Waals surface area contributed by atoms with E-state index in [4.69, 9.17) is 38.9 Å². The van der Waals surface area contributed by atoms with E-state index in [-0.39, 0.29) is 50.1 Å². The molecule has 5 N–H and O–H groups in total. The van der Waals surface area contributed by atoms with Crippen LogP contribution in [0.4, 0.5) is 10.5 Å². The fraction of sp³-hybridized carbons (Fsp3) is 0.674. The number of benzene rings is 1. The fourth-order valence-electron chi connectivity index (χ4n) is 5.70. The molecule has 1 aromatic carbocycles. The Balaban J connectivity index is 1.54. The van der Waals surface area contributed by atoms with Crippen molar-refractivity contribution in [2.45, 2.75) is 51.8 Å². The van der Waals surface area contributed by atoms with Gasteiger partial charge in [0.15, 0.2) is 0 Å². The highest BCUT2D eigenvalue weighted by Crippen LogP contribution is 2.14. The molecule has 1 heterocycles. The first-order valence-corrected chi connectivity index (χ1v) is 21.6. The molecule has 0 aliphatic carbocycles. The average molecular weight is 894 g/mol. The second-order valence-corrected chi connectivity index (χ2v) is 15.0. The van der Waals surface area contributed by atoms with Crippen molar-refractivity contribution < 1.29 is 61.9 Å². The molecule has 20 nitrogen and oxygen atoms in total. The molecule has 0 saturated carbocycles. The van der Waals surface area contributed by atoms with Crippen LogP contribution in [0.2, 0.25) is 0 Å². The number of aldehydes is 1. The van der Waals surface area contributed by atoms with E-state index in [1.807, 2.05) is 7.05 Å². The standard InChI is InChI=1S/C43H71N7O13/c1-34(2)40(42(55)46-37(7-5-14-44)41(54)45-36-11-9-35(10-12-36)33-63-43(56)50-17-15-48(3)16-18-50)47-38(52)13-21-57-23-25-59-27-29-61-31-32-62-30-28-60-26-24-58-22-19-49(4)39(53)8-6-20-51/h6,8-12,20,34,37,40H,5,7,13-19,21-33,44H2,1-4H3,(H,45,54)(H,46,55)(H,47,52)/b8-6-. The van der Waals surface area contributed by atoms with E-state index in [0.717, 1.165) is 24.7 Å². The number of anilines is 1. The summed E-state index contributed by atoms with van der Waals surface area (Å²) in [4.78, 5) is 79.1. The Bertz CT molecular complexity index is 1490. The highest BCUT2D eigenvalue weighted by atomic mass is 16.6. The Morgan fingerprint density at radius 3 is 1.83 bits per heavy atom. The molecule has 2 unspecified atom stereocenters. The third-order valence-corrected chi connectivity index (χ3v) is 9.54. The van der Waals surface area contributed by atoms with Gasteiger partial charge in [0.2, 0.25) is 23.6 Å². The van der Waals surface area contributed by atoms with Crippen LogP contribution in [0.3, 0.4) is 0 Å². The molecule has 5 amide bonds. The molecule has 1 saturated heterocycles. The summed E-state index contributed by atoms with van der Waals surface area (Å²) in [6.45, 7) is 11.5. The number of carbonyl (C=O) groups excluding carboxylic acids is 6. The number of ether oxygens (including phenoxy) is 7. The van der Waals surface area contributed by atoms with Crippen molar-refractivity contribution in [2.24, 2.45) is 11.7 Å². The maximum absolute atomic E-state index is 13.4. The lowest BCUT2D eigenvalue weighted by atomic mass is 10.0. The third-order valence-electron chi connectivity index (χ3n) is 9.54. The smallest absolute Gasteiger partial charge is 0.410 e. The monoisotopic (exact) mass is 894 g/mol. The van der Waals surface area contributed by atoms with Crippen molar-refractivity contribution >= 4 is 41.7 Å². The minimum absolute atomic E-state index is 0.0325. The van der Waals surface area contributed by atoms with Crippen molar-refractivity contribution in [1.29, 1.82) is 0 Å². The van der Waals surface area contributed by atoms with Crippen LogP contribution in [0.25, 0.3) is 0 Å². The van der Waals surface area contributed by atoms with E-state index in [1.165, 1.54) is 11.0 Å². The van der Waals surface area contributed by atoms with Gasteiger partial charge in [0.25, 0.3) is 0 Å². The Labute approximate surface area is 371 Å². The maximum atomic E-state index is 13.4. The number of nitrogens with zero attached hydrogens (tertiary/aromatic N) is 3. The number of nitrogens with two attached hydrogens (primary N) is 1. The van der Waals surface area contributed by atoms with Crippen LogP contribution in [0.5, 0.6) is 0 Å². The summed E-state index contributed by atoms with van der Waals surface area (Å²) in [6.07, 6.45) is 3.37. The van der Waals surface area contributed by atoms with Gasteiger partial charge in [0.05, 0.1) is 79.3 Å². The summed E-state index contributed by atoms with van der Waals surface area (Å²) in [7, 11) is 3.64. The molecule has 1 aromatic rings. The summed E-state index contributed by atoms with van der Waals surface area (Å²) >= 11 is 0. The number of carbonyl (C=O) groups is 6. The van der Waals surface area contributed by atoms with Gasteiger partial charge in [-0.05, 0) is 56.1 Å². The number of nitrogens with one attached hydrogen (secondary N) is 3. The molecule has 2 atom stereocenters. The zero-order valence-electron chi connectivity index (χ0n) is 37.6. The van der Waals surface area contributed by atoms with Gasteiger partial charge in [-0.25, -0.2) is 4.79 Å². The highest BCUT2D eigenvalue weighted by molar-refractivity contribution is 5.98. The van der Waals surface area contributed by atoms with Crippen LogP contribution >= 0.6 is 0 Å². The minimum atomic E-state index is -0.889. The zero-order chi connectivity index (χ0) is 46.1. The van der Waals surface area contributed by atoms with Crippen molar-refractivity contribution in [3.8, 4) is 0 Å². The van der Waals surface area contributed by atoms with E-state index >= 15 is 0 Å². The van der Waals surface area contributed by atoms with Crippen LogP contribution in [-0.4, -0.2) is 195 Å².